The Bertz CT molecular complexity index is 495. The van der Waals surface area contributed by atoms with E-state index in [4.69, 9.17) is 0 Å². The monoisotopic (exact) mass is 234 g/mol. The molecule has 0 saturated carbocycles. The topological polar surface area (TPSA) is 42.7 Å². The molecule has 0 fully saturated rings. The minimum absolute atomic E-state index is 0.208. The van der Waals surface area contributed by atoms with E-state index < -0.39 is 0 Å². The van der Waals surface area contributed by atoms with Gasteiger partial charge in [0.2, 0.25) is 0 Å². The van der Waals surface area contributed by atoms with Crippen LogP contribution in [0, 0.1) is 5.82 Å². The number of pyridine rings is 1. The first-order valence-electron chi connectivity index (χ1n) is 5.56. The molecule has 0 radical (unpaired) electrons. The highest BCUT2D eigenvalue weighted by molar-refractivity contribution is 5.26. The maximum Gasteiger partial charge on any atom is 0.146 e. The molecule has 17 heavy (non-hydrogen) atoms. The Balaban J connectivity index is 2.44. The predicted octanol–water partition coefficient (Wildman–Crippen LogP) is 1.75. The normalized spacial score (nSPS) is 12.6. The summed E-state index contributed by atoms with van der Waals surface area (Å²) in [5.74, 6) is -0.310. The Morgan fingerprint density at radius 3 is 2.88 bits per heavy atom. The SMILES string of the molecule is CCn1nccc1C(NC)c1ccncc1F. The van der Waals surface area contributed by atoms with Crippen LogP contribution in [0.25, 0.3) is 0 Å². The van der Waals surface area contributed by atoms with E-state index in [0.717, 1.165) is 12.2 Å². The smallest absolute Gasteiger partial charge is 0.146 e. The van der Waals surface area contributed by atoms with Crippen molar-refractivity contribution in [2.45, 2.75) is 19.5 Å². The van der Waals surface area contributed by atoms with Crippen molar-refractivity contribution in [3.63, 3.8) is 0 Å². The standard InChI is InChI=1S/C12H15FN4/c1-3-17-11(5-7-16-17)12(14-2)9-4-6-15-8-10(9)13/h4-8,12,14H,3H2,1-2H3. The lowest BCUT2D eigenvalue weighted by atomic mass is 10.0. The molecule has 0 aromatic carbocycles. The van der Waals surface area contributed by atoms with Crippen LogP contribution in [0.4, 0.5) is 4.39 Å². The fourth-order valence-electron chi connectivity index (χ4n) is 1.94. The molecule has 4 nitrogen and oxygen atoms in total. The minimum Gasteiger partial charge on any atom is -0.308 e. The van der Waals surface area contributed by atoms with Crippen molar-refractivity contribution in [1.29, 1.82) is 0 Å². The highest BCUT2D eigenvalue weighted by Gasteiger charge is 2.19. The summed E-state index contributed by atoms with van der Waals surface area (Å²) in [6, 6.07) is 3.37. The van der Waals surface area contributed by atoms with Crippen molar-refractivity contribution in [1.82, 2.24) is 20.1 Å². The lowest BCUT2D eigenvalue weighted by molar-refractivity contribution is 0.530. The van der Waals surface area contributed by atoms with Crippen LogP contribution in [0.3, 0.4) is 0 Å². The Morgan fingerprint density at radius 1 is 1.41 bits per heavy atom. The zero-order valence-corrected chi connectivity index (χ0v) is 9.89. The average molecular weight is 234 g/mol. The van der Waals surface area contributed by atoms with Gasteiger partial charge in [-0.1, -0.05) is 0 Å². The molecule has 0 bridgehead atoms. The van der Waals surface area contributed by atoms with Crippen LogP contribution < -0.4 is 5.32 Å². The van der Waals surface area contributed by atoms with Gasteiger partial charge in [0.1, 0.15) is 5.82 Å². The van der Waals surface area contributed by atoms with Gasteiger partial charge in [-0.05, 0) is 26.1 Å². The van der Waals surface area contributed by atoms with Gasteiger partial charge in [-0.15, -0.1) is 0 Å². The molecule has 0 saturated heterocycles. The summed E-state index contributed by atoms with van der Waals surface area (Å²) in [5, 5.41) is 7.30. The number of hydrogen-bond donors (Lipinski definition) is 1. The Hall–Kier alpha value is -1.75. The maximum absolute atomic E-state index is 13.7. The molecule has 0 amide bonds. The molecular weight excluding hydrogens is 219 g/mol. The molecule has 1 unspecified atom stereocenters. The third-order valence-corrected chi connectivity index (χ3v) is 2.75. The molecule has 2 heterocycles. The zero-order valence-electron chi connectivity index (χ0n) is 9.89. The molecule has 0 aliphatic rings. The molecule has 2 aromatic rings. The first-order valence-corrected chi connectivity index (χ1v) is 5.56. The van der Waals surface area contributed by atoms with E-state index in [1.807, 2.05) is 17.7 Å². The first-order chi connectivity index (χ1) is 8.27. The molecular formula is C12H15FN4. The van der Waals surface area contributed by atoms with E-state index in [-0.39, 0.29) is 11.9 Å². The second-order valence-corrected chi connectivity index (χ2v) is 3.69. The van der Waals surface area contributed by atoms with Gasteiger partial charge in [0.15, 0.2) is 0 Å². The van der Waals surface area contributed by atoms with E-state index in [2.05, 4.69) is 15.4 Å². The number of rotatable bonds is 4. The van der Waals surface area contributed by atoms with E-state index >= 15 is 0 Å². The number of nitrogens with zero attached hydrogens (tertiary/aromatic N) is 3. The largest absolute Gasteiger partial charge is 0.308 e. The minimum atomic E-state index is -0.310. The third-order valence-electron chi connectivity index (χ3n) is 2.75. The van der Waals surface area contributed by atoms with Crippen molar-refractivity contribution in [3.8, 4) is 0 Å². The van der Waals surface area contributed by atoms with Crippen LogP contribution in [0.1, 0.15) is 24.2 Å². The second-order valence-electron chi connectivity index (χ2n) is 3.69. The molecule has 0 spiro atoms. The van der Waals surface area contributed by atoms with Crippen molar-refractivity contribution in [3.05, 3.63) is 47.8 Å². The molecule has 0 aliphatic carbocycles. The van der Waals surface area contributed by atoms with Gasteiger partial charge in [-0.2, -0.15) is 5.10 Å². The quantitative estimate of drug-likeness (QED) is 0.876. The summed E-state index contributed by atoms with van der Waals surface area (Å²) in [6.45, 7) is 2.76. The van der Waals surface area contributed by atoms with E-state index in [1.165, 1.54) is 6.20 Å². The highest BCUT2D eigenvalue weighted by atomic mass is 19.1. The fourth-order valence-corrected chi connectivity index (χ4v) is 1.94. The number of hydrogen-bond acceptors (Lipinski definition) is 3. The van der Waals surface area contributed by atoms with Gasteiger partial charge in [-0.25, -0.2) is 4.39 Å². The van der Waals surface area contributed by atoms with Gasteiger partial charge in [0, 0.05) is 24.5 Å². The van der Waals surface area contributed by atoms with Crippen LogP contribution in [0.15, 0.2) is 30.7 Å². The molecule has 90 valence electrons. The highest BCUT2D eigenvalue weighted by Crippen LogP contribution is 2.23. The van der Waals surface area contributed by atoms with E-state index in [0.29, 0.717) is 5.56 Å². The summed E-state index contributed by atoms with van der Waals surface area (Å²) in [6.07, 6.45) is 4.55. The summed E-state index contributed by atoms with van der Waals surface area (Å²) in [4.78, 5) is 3.76. The summed E-state index contributed by atoms with van der Waals surface area (Å²) in [5.41, 5.74) is 1.53. The summed E-state index contributed by atoms with van der Waals surface area (Å²) >= 11 is 0. The van der Waals surface area contributed by atoms with Gasteiger partial charge in [0.05, 0.1) is 17.9 Å². The van der Waals surface area contributed by atoms with Crippen molar-refractivity contribution < 1.29 is 4.39 Å². The second kappa shape index (κ2) is 5.05. The Kier molecular flexibility index (Phi) is 3.49. The summed E-state index contributed by atoms with van der Waals surface area (Å²) < 4.78 is 15.6. The molecule has 2 rings (SSSR count). The van der Waals surface area contributed by atoms with E-state index in [1.54, 1.807) is 25.5 Å². The van der Waals surface area contributed by atoms with Gasteiger partial charge in [0.25, 0.3) is 0 Å². The average Bonchev–Trinajstić information content (AvgIpc) is 2.81. The molecule has 0 aliphatic heterocycles. The molecule has 1 atom stereocenters. The van der Waals surface area contributed by atoms with Crippen LogP contribution >= 0.6 is 0 Å². The van der Waals surface area contributed by atoms with Crippen molar-refractivity contribution in [2.24, 2.45) is 0 Å². The molecule has 5 heteroatoms. The van der Waals surface area contributed by atoms with Crippen LogP contribution in [0.5, 0.6) is 0 Å². The van der Waals surface area contributed by atoms with Crippen LogP contribution in [0.2, 0.25) is 0 Å². The van der Waals surface area contributed by atoms with Gasteiger partial charge >= 0.3 is 0 Å². The number of aromatic nitrogens is 3. The number of aryl methyl sites for hydroxylation is 1. The molecule has 2 aromatic heterocycles. The third kappa shape index (κ3) is 2.19. The number of halogens is 1. The lowest BCUT2D eigenvalue weighted by Crippen LogP contribution is -2.22. The van der Waals surface area contributed by atoms with Crippen LogP contribution in [-0.4, -0.2) is 21.8 Å². The Labute approximate surface area is 99.5 Å². The van der Waals surface area contributed by atoms with Crippen LogP contribution in [-0.2, 0) is 6.54 Å². The van der Waals surface area contributed by atoms with Gasteiger partial charge < -0.3 is 5.32 Å². The predicted molar refractivity (Wildman–Crippen MR) is 63.0 cm³/mol. The first kappa shape index (κ1) is 11.7. The van der Waals surface area contributed by atoms with Crippen molar-refractivity contribution >= 4 is 0 Å². The lowest BCUT2D eigenvalue weighted by Gasteiger charge is -2.18. The van der Waals surface area contributed by atoms with Gasteiger partial charge in [-0.3, -0.25) is 9.67 Å². The number of nitrogens with one attached hydrogen (secondary N) is 1. The zero-order chi connectivity index (χ0) is 12.3. The summed E-state index contributed by atoms with van der Waals surface area (Å²) in [7, 11) is 1.80. The van der Waals surface area contributed by atoms with Crippen molar-refractivity contribution in [2.75, 3.05) is 7.05 Å². The fraction of sp³-hybridized carbons (Fsp3) is 0.333. The maximum atomic E-state index is 13.7. The van der Waals surface area contributed by atoms with E-state index in [9.17, 15) is 4.39 Å². The molecule has 1 N–H and O–H groups in total. The Morgan fingerprint density at radius 2 is 2.24 bits per heavy atom.